The van der Waals surface area contributed by atoms with Crippen LogP contribution in [-0.4, -0.2) is 65.3 Å². The molecule has 3 N–H and O–H groups in total. The van der Waals surface area contributed by atoms with Gasteiger partial charge in [-0.25, -0.2) is 0 Å². The number of hydrogen-bond donors (Lipinski definition) is 3. The number of amides is 1. The number of alkyl halides is 3. The second kappa shape index (κ2) is 12.2. The number of aliphatic hydroxyl groups is 1. The van der Waals surface area contributed by atoms with Crippen LogP contribution in [-0.2, 0) is 6.18 Å². The first-order valence-electron chi connectivity index (χ1n) is 12.4. The van der Waals surface area contributed by atoms with E-state index in [0.717, 1.165) is 48.6 Å². The average molecular weight is 530 g/mol. The molecule has 1 fully saturated rings. The molecule has 3 aromatic rings. The van der Waals surface area contributed by atoms with Crippen molar-refractivity contribution in [2.24, 2.45) is 0 Å². The third-order valence-electron chi connectivity index (χ3n) is 6.19. The number of benzene rings is 1. The number of aryl methyl sites for hydroxylation is 1. The molecule has 1 amide bonds. The minimum Gasteiger partial charge on any atom is -0.476 e. The maximum atomic E-state index is 13.0. The number of rotatable bonds is 10. The van der Waals surface area contributed by atoms with Crippen molar-refractivity contribution in [3.63, 3.8) is 0 Å². The Hall–Kier alpha value is -3.70. The third kappa shape index (κ3) is 7.20. The van der Waals surface area contributed by atoms with Crippen LogP contribution < -0.4 is 15.4 Å². The van der Waals surface area contributed by atoms with E-state index in [0.29, 0.717) is 30.5 Å². The van der Waals surface area contributed by atoms with Gasteiger partial charge in [0.25, 0.3) is 5.91 Å². The fourth-order valence-corrected chi connectivity index (χ4v) is 4.24. The Morgan fingerprint density at radius 3 is 2.66 bits per heavy atom. The van der Waals surface area contributed by atoms with E-state index in [2.05, 4.69) is 25.5 Å². The lowest BCUT2D eigenvalue weighted by Gasteiger charge is -2.16. The highest BCUT2D eigenvalue weighted by atomic mass is 19.4. The van der Waals surface area contributed by atoms with Crippen molar-refractivity contribution in [2.45, 2.75) is 25.9 Å². The molecule has 0 unspecified atom stereocenters. The molecule has 2 aromatic heterocycles. The van der Waals surface area contributed by atoms with Gasteiger partial charge in [-0.15, -0.1) is 0 Å². The molecule has 1 aromatic carbocycles. The highest BCUT2D eigenvalue weighted by Crippen LogP contribution is 2.31. The predicted molar refractivity (Wildman–Crippen MR) is 138 cm³/mol. The van der Waals surface area contributed by atoms with Crippen molar-refractivity contribution >= 4 is 17.4 Å². The van der Waals surface area contributed by atoms with Gasteiger partial charge < -0.3 is 20.5 Å². The molecule has 11 heteroatoms. The lowest BCUT2D eigenvalue weighted by molar-refractivity contribution is -0.141. The fraction of sp³-hybridized carbons (Fsp3) is 0.370. The Labute approximate surface area is 218 Å². The molecule has 1 aliphatic heterocycles. The van der Waals surface area contributed by atoms with Crippen LogP contribution >= 0.6 is 0 Å². The van der Waals surface area contributed by atoms with Gasteiger partial charge in [-0.3, -0.25) is 14.7 Å². The van der Waals surface area contributed by atoms with Gasteiger partial charge in [-0.05, 0) is 79.9 Å². The Balaban J connectivity index is 1.56. The van der Waals surface area contributed by atoms with E-state index in [9.17, 15) is 23.1 Å². The molecule has 4 rings (SSSR count). The molecular formula is C27H30F3N5O3. The van der Waals surface area contributed by atoms with Crippen LogP contribution in [0.1, 0.15) is 34.5 Å². The summed E-state index contributed by atoms with van der Waals surface area (Å²) < 4.78 is 45.0. The summed E-state index contributed by atoms with van der Waals surface area (Å²) in [7, 11) is 0. The highest BCUT2D eigenvalue weighted by molar-refractivity contribution is 6.04. The van der Waals surface area contributed by atoms with Crippen LogP contribution in [0.4, 0.5) is 24.7 Å². The summed E-state index contributed by atoms with van der Waals surface area (Å²) in [4.78, 5) is 22.8. The summed E-state index contributed by atoms with van der Waals surface area (Å²) in [5.41, 5.74) is 1.60. The van der Waals surface area contributed by atoms with Crippen molar-refractivity contribution in [3.8, 4) is 17.0 Å². The van der Waals surface area contributed by atoms with E-state index in [1.54, 1.807) is 18.2 Å². The normalized spacial score (nSPS) is 13.9. The van der Waals surface area contributed by atoms with Crippen LogP contribution in [0.5, 0.6) is 5.88 Å². The molecule has 0 spiro atoms. The van der Waals surface area contributed by atoms with Gasteiger partial charge in [0.2, 0.25) is 5.88 Å². The lowest BCUT2D eigenvalue weighted by atomic mass is 10.0. The molecular weight excluding hydrogens is 499 g/mol. The molecule has 0 bridgehead atoms. The molecule has 0 radical (unpaired) electrons. The van der Waals surface area contributed by atoms with Crippen LogP contribution in [0, 0.1) is 6.92 Å². The summed E-state index contributed by atoms with van der Waals surface area (Å²) in [6, 6.07) is 10.8. The Bertz CT molecular complexity index is 1260. The molecule has 202 valence electrons. The number of hydrogen-bond acceptors (Lipinski definition) is 7. The zero-order valence-corrected chi connectivity index (χ0v) is 21.0. The number of anilines is 2. The van der Waals surface area contributed by atoms with Gasteiger partial charge in [-0.2, -0.15) is 18.2 Å². The number of aliphatic hydroxyl groups excluding tert-OH is 1. The van der Waals surface area contributed by atoms with Gasteiger partial charge in [0, 0.05) is 36.6 Å². The fourth-order valence-electron chi connectivity index (χ4n) is 4.24. The van der Waals surface area contributed by atoms with E-state index in [1.807, 2.05) is 19.1 Å². The van der Waals surface area contributed by atoms with Gasteiger partial charge in [0.1, 0.15) is 18.1 Å². The summed E-state index contributed by atoms with van der Waals surface area (Å²) in [6.45, 7) is 5.57. The second-order valence-electron chi connectivity index (χ2n) is 9.04. The monoisotopic (exact) mass is 529 g/mol. The minimum atomic E-state index is -4.65. The minimum absolute atomic E-state index is 0.0668. The van der Waals surface area contributed by atoms with Crippen molar-refractivity contribution in [1.82, 2.24) is 14.9 Å². The highest BCUT2D eigenvalue weighted by Gasteiger charge is 2.33. The largest absolute Gasteiger partial charge is 0.476 e. The standard InChI is InChI=1S/C27H30F3N5O3/c1-18-4-5-21(33-26(37)19-6-7-31-23(14-19)27(28,29)30)17-22(18)20-15-24(32-8-12-36)34-25(16-20)38-13-11-35-9-2-3-10-35/h4-7,14-17,36H,2-3,8-13H2,1H3,(H,32,34)(H,33,37). The summed E-state index contributed by atoms with van der Waals surface area (Å²) >= 11 is 0. The van der Waals surface area contributed by atoms with E-state index in [4.69, 9.17) is 4.74 Å². The van der Waals surface area contributed by atoms with E-state index in [-0.39, 0.29) is 12.2 Å². The number of nitrogens with zero attached hydrogens (tertiary/aromatic N) is 3. The smallest absolute Gasteiger partial charge is 0.433 e. The number of pyridine rings is 2. The number of carbonyl (C=O) groups is 1. The number of nitrogens with one attached hydrogen (secondary N) is 2. The molecule has 1 aliphatic rings. The molecule has 0 saturated carbocycles. The van der Waals surface area contributed by atoms with Gasteiger partial charge in [-0.1, -0.05) is 6.07 Å². The zero-order chi connectivity index (χ0) is 27.1. The first-order valence-corrected chi connectivity index (χ1v) is 12.4. The molecule has 1 saturated heterocycles. The third-order valence-corrected chi connectivity index (χ3v) is 6.19. The Morgan fingerprint density at radius 1 is 1.13 bits per heavy atom. The van der Waals surface area contributed by atoms with E-state index >= 15 is 0 Å². The van der Waals surface area contributed by atoms with Crippen LogP contribution in [0.25, 0.3) is 11.1 Å². The number of likely N-dealkylation sites (tertiary alicyclic amines) is 1. The number of carbonyl (C=O) groups excluding carboxylic acids is 1. The van der Waals surface area contributed by atoms with Gasteiger partial charge >= 0.3 is 6.18 Å². The summed E-state index contributed by atoms with van der Waals surface area (Å²) in [5, 5.41) is 15.0. The molecule has 0 aliphatic carbocycles. The van der Waals surface area contributed by atoms with E-state index < -0.39 is 17.8 Å². The SMILES string of the molecule is Cc1ccc(NC(=O)c2ccnc(C(F)(F)F)c2)cc1-c1cc(NCCO)nc(OCCN2CCCC2)c1. The number of halogens is 3. The maximum absolute atomic E-state index is 13.0. The molecule has 8 nitrogen and oxygen atoms in total. The average Bonchev–Trinajstić information content (AvgIpc) is 3.41. The van der Waals surface area contributed by atoms with Crippen molar-refractivity contribution in [2.75, 3.05) is 50.0 Å². The number of aromatic nitrogens is 2. The lowest BCUT2D eigenvalue weighted by Crippen LogP contribution is -2.25. The Morgan fingerprint density at radius 2 is 1.92 bits per heavy atom. The predicted octanol–water partition coefficient (Wildman–Crippen LogP) is 4.60. The van der Waals surface area contributed by atoms with Crippen LogP contribution in [0.15, 0.2) is 48.7 Å². The first kappa shape index (κ1) is 27.3. The van der Waals surface area contributed by atoms with Crippen LogP contribution in [0.3, 0.4) is 0 Å². The first-order chi connectivity index (χ1) is 18.2. The Kier molecular flexibility index (Phi) is 8.80. The topological polar surface area (TPSA) is 99.6 Å². The number of ether oxygens (including phenoxy) is 1. The van der Waals surface area contributed by atoms with Crippen molar-refractivity contribution in [3.05, 3.63) is 65.5 Å². The second-order valence-corrected chi connectivity index (χ2v) is 9.04. The van der Waals surface area contributed by atoms with Gasteiger partial charge in [0.05, 0.1) is 6.61 Å². The maximum Gasteiger partial charge on any atom is 0.433 e. The van der Waals surface area contributed by atoms with Gasteiger partial charge in [0.15, 0.2) is 0 Å². The van der Waals surface area contributed by atoms with Crippen molar-refractivity contribution in [1.29, 1.82) is 0 Å². The summed E-state index contributed by atoms with van der Waals surface area (Å²) in [6.07, 6.45) is -1.30. The van der Waals surface area contributed by atoms with E-state index in [1.165, 1.54) is 18.9 Å². The summed E-state index contributed by atoms with van der Waals surface area (Å²) in [5.74, 6) is 0.268. The van der Waals surface area contributed by atoms with Crippen LogP contribution in [0.2, 0.25) is 0 Å². The van der Waals surface area contributed by atoms with Crippen molar-refractivity contribution < 1.29 is 27.8 Å². The molecule has 3 heterocycles. The zero-order valence-electron chi connectivity index (χ0n) is 21.0. The molecule has 0 atom stereocenters. The quantitative estimate of drug-likeness (QED) is 0.353. The molecule has 38 heavy (non-hydrogen) atoms.